The molecule has 0 spiro atoms. The fraction of sp³-hybridized carbons (Fsp3) is 0.0769. The summed E-state index contributed by atoms with van der Waals surface area (Å²) in [6.45, 7) is 0. The fourth-order valence-corrected chi connectivity index (χ4v) is 1.59. The number of esters is 1. The number of carbonyl (C=O) groups is 1. The Hall–Kier alpha value is -2.36. The minimum absolute atomic E-state index is 0.401. The van der Waals surface area contributed by atoms with Crippen molar-refractivity contribution in [3.63, 3.8) is 0 Å². The Morgan fingerprint density at radius 1 is 1.29 bits per heavy atom. The summed E-state index contributed by atoms with van der Waals surface area (Å²) in [6.07, 6.45) is 3.41. The Morgan fingerprint density at radius 2 is 2.12 bits per heavy atom. The molecule has 0 saturated heterocycles. The van der Waals surface area contributed by atoms with Crippen LogP contribution in [0.25, 0.3) is 11.1 Å². The van der Waals surface area contributed by atoms with Gasteiger partial charge in [0.1, 0.15) is 0 Å². The molecule has 4 heteroatoms. The molecule has 0 aliphatic heterocycles. The molecule has 17 heavy (non-hydrogen) atoms. The van der Waals surface area contributed by atoms with Gasteiger partial charge in [-0.3, -0.25) is 4.98 Å². The average Bonchev–Trinajstić information content (AvgIpc) is 2.38. The molecule has 0 radical (unpaired) electrons. The average molecular weight is 228 g/mol. The van der Waals surface area contributed by atoms with Crippen molar-refractivity contribution in [2.75, 3.05) is 12.8 Å². The lowest BCUT2D eigenvalue weighted by atomic mass is 10.0. The van der Waals surface area contributed by atoms with Crippen LogP contribution in [0.15, 0.2) is 42.7 Å². The number of nitrogens with two attached hydrogens (primary N) is 1. The second-order valence-corrected chi connectivity index (χ2v) is 3.58. The van der Waals surface area contributed by atoms with Crippen molar-refractivity contribution in [3.8, 4) is 11.1 Å². The van der Waals surface area contributed by atoms with Crippen LogP contribution in [0, 0.1) is 0 Å². The molecule has 0 atom stereocenters. The van der Waals surface area contributed by atoms with Gasteiger partial charge in [0.15, 0.2) is 0 Å². The van der Waals surface area contributed by atoms with Crippen LogP contribution in [0.2, 0.25) is 0 Å². The van der Waals surface area contributed by atoms with Crippen molar-refractivity contribution in [1.29, 1.82) is 0 Å². The predicted octanol–water partition coefficient (Wildman–Crippen LogP) is 2.12. The highest BCUT2D eigenvalue weighted by Crippen LogP contribution is 2.23. The van der Waals surface area contributed by atoms with Crippen molar-refractivity contribution in [3.05, 3.63) is 48.3 Å². The maximum atomic E-state index is 11.5. The third-order valence-corrected chi connectivity index (χ3v) is 2.37. The van der Waals surface area contributed by atoms with Crippen LogP contribution in [0.5, 0.6) is 0 Å². The summed E-state index contributed by atoms with van der Waals surface area (Å²) in [6, 6.07) is 8.85. The number of ether oxygens (including phenoxy) is 1. The molecular formula is C13H12N2O2. The second kappa shape index (κ2) is 4.65. The van der Waals surface area contributed by atoms with Gasteiger partial charge >= 0.3 is 5.97 Å². The first-order valence-corrected chi connectivity index (χ1v) is 5.10. The molecule has 2 aromatic rings. The van der Waals surface area contributed by atoms with E-state index in [-0.39, 0.29) is 0 Å². The van der Waals surface area contributed by atoms with Crippen molar-refractivity contribution >= 4 is 11.7 Å². The quantitative estimate of drug-likeness (QED) is 0.631. The van der Waals surface area contributed by atoms with Gasteiger partial charge in [-0.1, -0.05) is 6.07 Å². The summed E-state index contributed by atoms with van der Waals surface area (Å²) in [7, 11) is 1.34. The number of carbonyl (C=O) groups excluding carboxylic acids is 1. The second-order valence-electron chi connectivity index (χ2n) is 3.58. The summed E-state index contributed by atoms with van der Waals surface area (Å²) < 4.78 is 4.67. The smallest absolute Gasteiger partial charge is 0.337 e. The molecule has 1 aromatic carbocycles. The van der Waals surface area contributed by atoms with Crippen LogP contribution in [-0.4, -0.2) is 18.1 Å². The third kappa shape index (κ3) is 2.42. The molecule has 0 bridgehead atoms. The molecule has 0 unspecified atom stereocenters. The number of anilines is 1. The van der Waals surface area contributed by atoms with Crippen molar-refractivity contribution in [2.45, 2.75) is 0 Å². The van der Waals surface area contributed by atoms with Gasteiger partial charge in [0, 0.05) is 23.6 Å². The minimum Gasteiger partial charge on any atom is -0.465 e. The van der Waals surface area contributed by atoms with E-state index < -0.39 is 5.97 Å². The van der Waals surface area contributed by atoms with Crippen molar-refractivity contribution in [1.82, 2.24) is 4.98 Å². The topological polar surface area (TPSA) is 65.2 Å². The van der Waals surface area contributed by atoms with Crippen molar-refractivity contribution < 1.29 is 9.53 Å². The van der Waals surface area contributed by atoms with E-state index in [2.05, 4.69) is 9.72 Å². The number of hydrogen-bond acceptors (Lipinski definition) is 4. The van der Waals surface area contributed by atoms with Gasteiger partial charge in [-0.25, -0.2) is 4.79 Å². The Kier molecular flexibility index (Phi) is 3.05. The largest absolute Gasteiger partial charge is 0.465 e. The van der Waals surface area contributed by atoms with Gasteiger partial charge in [-0.15, -0.1) is 0 Å². The standard InChI is InChI=1S/C13H12N2O2/c1-17-13(16)11-5-10(6-12(14)7-11)9-3-2-4-15-8-9/h2-8H,14H2,1H3. The first-order chi connectivity index (χ1) is 8.20. The molecular weight excluding hydrogens is 216 g/mol. The van der Waals surface area contributed by atoms with E-state index in [4.69, 9.17) is 5.73 Å². The zero-order chi connectivity index (χ0) is 12.3. The molecule has 4 nitrogen and oxygen atoms in total. The van der Waals surface area contributed by atoms with E-state index in [1.807, 2.05) is 12.1 Å². The number of aromatic nitrogens is 1. The van der Waals surface area contributed by atoms with Gasteiger partial charge in [0.05, 0.1) is 12.7 Å². The summed E-state index contributed by atoms with van der Waals surface area (Å²) >= 11 is 0. The normalized spacial score (nSPS) is 9.94. The van der Waals surface area contributed by atoms with Crippen LogP contribution >= 0.6 is 0 Å². The molecule has 0 fully saturated rings. The Balaban J connectivity index is 2.49. The maximum Gasteiger partial charge on any atom is 0.337 e. The monoisotopic (exact) mass is 228 g/mol. The fourth-order valence-electron chi connectivity index (χ4n) is 1.59. The molecule has 0 amide bonds. The lowest BCUT2D eigenvalue weighted by molar-refractivity contribution is 0.0601. The van der Waals surface area contributed by atoms with E-state index in [1.54, 1.807) is 30.6 Å². The third-order valence-electron chi connectivity index (χ3n) is 2.37. The van der Waals surface area contributed by atoms with E-state index in [0.717, 1.165) is 11.1 Å². The molecule has 0 saturated carbocycles. The number of rotatable bonds is 2. The number of hydrogen-bond donors (Lipinski definition) is 1. The number of benzene rings is 1. The van der Waals surface area contributed by atoms with Gasteiger partial charge in [-0.05, 0) is 29.8 Å². The van der Waals surface area contributed by atoms with E-state index in [9.17, 15) is 4.79 Å². The van der Waals surface area contributed by atoms with Gasteiger partial charge in [0.2, 0.25) is 0 Å². The minimum atomic E-state index is -0.401. The maximum absolute atomic E-state index is 11.5. The highest BCUT2D eigenvalue weighted by atomic mass is 16.5. The first kappa shape index (κ1) is 11.1. The van der Waals surface area contributed by atoms with Gasteiger partial charge in [0.25, 0.3) is 0 Å². The molecule has 1 aromatic heterocycles. The number of nitrogens with zero attached hydrogens (tertiary/aromatic N) is 1. The summed E-state index contributed by atoms with van der Waals surface area (Å²) in [5, 5.41) is 0. The number of nitrogen functional groups attached to an aromatic ring is 1. The van der Waals surface area contributed by atoms with Crippen LogP contribution in [0.3, 0.4) is 0 Å². The lowest BCUT2D eigenvalue weighted by Crippen LogP contribution is -2.02. The molecule has 1 heterocycles. The predicted molar refractivity (Wildman–Crippen MR) is 65.4 cm³/mol. The van der Waals surface area contributed by atoms with Gasteiger partial charge < -0.3 is 10.5 Å². The van der Waals surface area contributed by atoms with Gasteiger partial charge in [-0.2, -0.15) is 0 Å². The first-order valence-electron chi connectivity index (χ1n) is 5.10. The molecule has 2 rings (SSSR count). The molecule has 2 N–H and O–H groups in total. The lowest BCUT2D eigenvalue weighted by Gasteiger charge is -2.06. The molecule has 0 aliphatic carbocycles. The zero-order valence-corrected chi connectivity index (χ0v) is 9.38. The zero-order valence-electron chi connectivity index (χ0n) is 9.38. The van der Waals surface area contributed by atoms with E-state index in [0.29, 0.717) is 11.3 Å². The Bertz CT molecular complexity index is 538. The SMILES string of the molecule is COC(=O)c1cc(N)cc(-c2cccnc2)c1. The van der Waals surface area contributed by atoms with Crippen LogP contribution in [-0.2, 0) is 4.74 Å². The Morgan fingerprint density at radius 3 is 2.76 bits per heavy atom. The van der Waals surface area contributed by atoms with E-state index in [1.165, 1.54) is 7.11 Å². The van der Waals surface area contributed by atoms with Crippen LogP contribution in [0.4, 0.5) is 5.69 Å². The van der Waals surface area contributed by atoms with Crippen molar-refractivity contribution in [2.24, 2.45) is 0 Å². The molecule has 0 aliphatic rings. The summed E-state index contributed by atoms with van der Waals surface area (Å²) in [5.74, 6) is -0.401. The van der Waals surface area contributed by atoms with E-state index >= 15 is 0 Å². The summed E-state index contributed by atoms with van der Waals surface area (Å²) in [4.78, 5) is 15.5. The highest BCUT2D eigenvalue weighted by Gasteiger charge is 2.08. The number of pyridine rings is 1. The van der Waals surface area contributed by atoms with Crippen LogP contribution < -0.4 is 5.73 Å². The Labute approximate surface area is 99.1 Å². The van der Waals surface area contributed by atoms with Crippen LogP contribution in [0.1, 0.15) is 10.4 Å². The molecule has 86 valence electrons. The summed E-state index contributed by atoms with van der Waals surface area (Å²) in [5.41, 5.74) is 8.47. The number of methoxy groups -OCH3 is 1. The highest BCUT2D eigenvalue weighted by molar-refractivity contribution is 5.92.